The number of carbonyl (C=O) groups excluding carboxylic acids is 1. The summed E-state index contributed by atoms with van der Waals surface area (Å²) in [4.78, 5) is 11.3. The second kappa shape index (κ2) is 6.00. The molecule has 0 radical (unpaired) electrons. The lowest BCUT2D eigenvalue weighted by molar-refractivity contribution is 0.101. The van der Waals surface area contributed by atoms with E-state index in [1.54, 1.807) is 38.1 Å². The van der Waals surface area contributed by atoms with Crippen LogP contribution in [-0.4, -0.2) is 31.8 Å². The highest BCUT2D eigenvalue weighted by Crippen LogP contribution is 2.18. The fourth-order valence-corrected chi connectivity index (χ4v) is 2.17. The standard InChI is InChI=1S/C13H18O4S/c1-10(2)18(15,16)9-8-17-13-7-5-4-6-12(13)11(3)14/h4-7,10H,8-9H2,1-3H3. The molecule has 0 aromatic heterocycles. The smallest absolute Gasteiger partial charge is 0.163 e. The minimum absolute atomic E-state index is 0.0447. The van der Waals surface area contributed by atoms with E-state index in [1.807, 2.05) is 0 Å². The zero-order chi connectivity index (χ0) is 13.8. The van der Waals surface area contributed by atoms with Gasteiger partial charge in [-0.25, -0.2) is 8.42 Å². The molecule has 0 fully saturated rings. The molecule has 0 spiro atoms. The van der Waals surface area contributed by atoms with Crippen LogP contribution in [-0.2, 0) is 9.84 Å². The summed E-state index contributed by atoms with van der Waals surface area (Å²) in [6, 6.07) is 6.82. The number of hydrogen-bond donors (Lipinski definition) is 0. The number of Topliss-reactive ketones (excluding diaryl/α,β-unsaturated/α-hetero) is 1. The van der Waals surface area contributed by atoms with Crippen molar-refractivity contribution in [1.29, 1.82) is 0 Å². The Kier molecular flexibility index (Phi) is 4.90. The molecule has 0 aliphatic carbocycles. The lowest BCUT2D eigenvalue weighted by Crippen LogP contribution is -2.22. The molecule has 0 bridgehead atoms. The van der Waals surface area contributed by atoms with Crippen molar-refractivity contribution in [2.24, 2.45) is 0 Å². The van der Waals surface area contributed by atoms with Gasteiger partial charge in [0.2, 0.25) is 0 Å². The average Bonchev–Trinajstić information content (AvgIpc) is 2.29. The average molecular weight is 270 g/mol. The number of rotatable bonds is 6. The van der Waals surface area contributed by atoms with E-state index in [1.165, 1.54) is 6.92 Å². The zero-order valence-corrected chi connectivity index (χ0v) is 11.7. The third kappa shape index (κ3) is 3.84. The van der Waals surface area contributed by atoms with Gasteiger partial charge in [0.25, 0.3) is 0 Å². The molecule has 5 heteroatoms. The van der Waals surface area contributed by atoms with Gasteiger partial charge in [0, 0.05) is 0 Å². The third-order valence-electron chi connectivity index (χ3n) is 2.61. The SMILES string of the molecule is CC(=O)c1ccccc1OCCS(=O)(=O)C(C)C. The van der Waals surface area contributed by atoms with Gasteiger partial charge in [-0.1, -0.05) is 12.1 Å². The Balaban J connectivity index is 2.68. The van der Waals surface area contributed by atoms with Crippen LogP contribution in [0.15, 0.2) is 24.3 Å². The molecule has 18 heavy (non-hydrogen) atoms. The number of sulfone groups is 1. The maximum atomic E-state index is 11.6. The summed E-state index contributed by atoms with van der Waals surface area (Å²) in [5.74, 6) is 0.290. The molecular weight excluding hydrogens is 252 g/mol. The molecule has 0 N–H and O–H groups in total. The molecule has 0 saturated heterocycles. The molecule has 0 aliphatic heterocycles. The quantitative estimate of drug-likeness (QED) is 0.743. The summed E-state index contributed by atoms with van der Waals surface area (Å²) in [6.07, 6.45) is 0. The van der Waals surface area contributed by atoms with Crippen LogP contribution in [0.1, 0.15) is 31.1 Å². The van der Waals surface area contributed by atoms with Gasteiger partial charge >= 0.3 is 0 Å². The topological polar surface area (TPSA) is 60.4 Å². The van der Waals surface area contributed by atoms with E-state index in [2.05, 4.69) is 0 Å². The lowest BCUT2D eigenvalue weighted by Gasteiger charge is -2.11. The lowest BCUT2D eigenvalue weighted by atomic mass is 10.1. The van der Waals surface area contributed by atoms with Crippen LogP contribution in [0.5, 0.6) is 5.75 Å². The van der Waals surface area contributed by atoms with Crippen LogP contribution in [0.4, 0.5) is 0 Å². The van der Waals surface area contributed by atoms with E-state index < -0.39 is 15.1 Å². The molecule has 1 aromatic rings. The number of para-hydroxylation sites is 1. The van der Waals surface area contributed by atoms with Gasteiger partial charge in [0.15, 0.2) is 15.6 Å². The number of carbonyl (C=O) groups is 1. The normalized spacial score (nSPS) is 11.6. The van der Waals surface area contributed by atoms with Crippen molar-refractivity contribution in [3.63, 3.8) is 0 Å². The van der Waals surface area contributed by atoms with E-state index in [0.717, 1.165) is 0 Å². The summed E-state index contributed by atoms with van der Waals surface area (Å²) in [6.45, 7) is 4.79. The first-order valence-electron chi connectivity index (χ1n) is 5.79. The van der Waals surface area contributed by atoms with E-state index in [0.29, 0.717) is 11.3 Å². The fourth-order valence-electron chi connectivity index (χ4n) is 1.39. The van der Waals surface area contributed by atoms with E-state index in [4.69, 9.17) is 4.74 Å². The molecule has 0 aliphatic rings. The second-order valence-corrected chi connectivity index (χ2v) is 6.99. The zero-order valence-electron chi connectivity index (χ0n) is 10.8. The number of benzene rings is 1. The Morgan fingerprint density at radius 3 is 2.44 bits per heavy atom. The van der Waals surface area contributed by atoms with Crippen LogP contribution in [0.3, 0.4) is 0 Å². The van der Waals surface area contributed by atoms with Crippen molar-refractivity contribution in [2.45, 2.75) is 26.0 Å². The summed E-state index contributed by atoms with van der Waals surface area (Å²) >= 11 is 0. The van der Waals surface area contributed by atoms with E-state index >= 15 is 0 Å². The number of ketones is 1. The molecule has 1 rings (SSSR count). The number of ether oxygens (including phenoxy) is 1. The van der Waals surface area contributed by atoms with Crippen LogP contribution in [0.2, 0.25) is 0 Å². The van der Waals surface area contributed by atoms with E-state index in [9.17, 15) is 13.2 Å². The van der Waals surface area contributed by atoms with Gasteiger partial charge in [-0.05, 0) is 32.9 Å². The van der Waals surface area contributed by atoms with Gasteiger partial charge in [-0.3, -0.25) is 4.79 Å². The molecule has 0 unspecified atom stereocenters. The molecular formula is C13H18O4S. The highest BCUT2D eigenvalue weighted by Gasteiger charge is 2.16. The van der Waals surface area contributed by atoms with E-state index in [-0.39, 0.29) is 18.1 Å². The van der Waals surface area contributed by atoms with Crippen LogP contribution >= 0.6 is 0 Å². The second-order valence-electron chi connectivity index (χ2n) is 4.32. The Bertz CT molecular complexity index is 518. The van der Waals surface area contributed by atoms with Gasteiger partial charge in [-0.15, -0.1) is 0 Å². The Morgan fingerprint density at radius 2 is 1.89 bits per heavy atom. The van der Waals surface area contributed by atoms with Crippen molar-refractivity contribution in [3.05, 3.63) is 29.8 Å². The third-order valence-corrected chi connectivity index (χ3v) is 4.78. The predicted molar refractivity (Wildman–Crippen MR) is 70.9 cm³/mol. The molecule has 0 atom stereocenters. The maximum Gasteiger partial charge on any atom is 0.163 e. The highest BCUT2D eigenvalue weighted by atomic mass is 32.2. The summed E-state index contributed by atoms with van der Waals surface area (Å²) in [5, 5.41) is -0.413. The van der Waals surface area contributed by atoms with Crippen molar-refractivity contribution in [2.75, 3.05) is 12.4 Å². The van der Waals surface area contributed by atoms with Crippen molar-refractivity contribution in [3.8, 4) is 5.75 Å². The van der Waals surface area contributed by atoms with Crippen LogP contribution < -0.4 is 4.74 Å². The summed E-state index contributed by atoms with van der Waals surface area (Å²) in [5.41, 5.74) is 0.472. The monoisotopic (exact) mass is 270 g/mol. The van der Waals surface area contributed by atoms with Gasteiger partial charge in [-0.2, -0.15) is 0 Å². The molecule has 0 heterocycles. The van der Waals surface area contributed by atoms with Crippen LogP contribution in [0, 0.1) is 0 Å². The van der Waals surface area contributed by atoms with Gasteiger partial charge in [0.05, 0.1) is 16.6 Å². The number of hydrogen-bond acceptors (Lipinski definition) is 4. The molecule has 1 aromatic carbocycles. The molecule has 0 saturated carbocycles. The Morgan fingerprint density at radius 1 is 1.28 bits per heavy atom. The minimum atomic E-state index is -3.11. The van der Waals surface area contributed by atoms with Crippen molar-refractivity contribution < 1.29 is 17.9 Å². The molecule has 100 valence electrons. The molecule has 4 nitrogen and oxygen atoms in total. The Hall–Kier alpha value is -1.36. The molecule has 0 amide bonds. The fraction of sp³-hybridized carbons (Fsp3) is 0.462. The first kappa shape index (κ1) is 14.7. The van der Waals surface area contributed by atoms with Crippen molar-refractivity contribution >= 4 is 15.6 Å². The predicted octanol–water partition coefficient (Wildman–Crippen LogP) is 2.09. The van der Waals surface area contributed by atoms with Crippen LogP contribution in [0.25, 0.3) is 0 Å². The maximum absolute atomic E-state index is 11.6. The first-order valence-corrected chi connectivity index (χ1v) is 7.50. The Labute approximate surface area is 108 Å². The van der Waals surface area contributed by atoms with Gasteiger partial charge < -0.3 is 4.74 Å². The minimum Gasteiger partial charge on any atom is -0.492 e. The first-order chi connectivity index (χ1) is 8.34. The highest BCUT2D eigenvalue weighted by molar-refractivity contribution is 7.91. The largest absolute Gasteiger partial charge is 0.492 e. The van der Waals surface area contributed by atoms with Gasteiger partial charge in [0.1, 0.15) is 12.4 Å². The van der Waals surface area contributed by atoms with Crippen molar-refractivity contribution in [1.82, 2.24) is 0 Å². The summed E-state index contributed by atoms with van der Waals surface area (Å²) in [7, 11) is -3.11. The summed E-state index contributed by atoms with van der Waals surface area (Å²) < 4.78 is 28.6.